The first kappa shape index (κ1) is 48.9. The lowest BCUT2D eigenvalue weighted by Crippen LogP contribution is -2.18. The van der Waals surface area contributed by atoms with Crippen molar-refractivity contribution in [3.63, 3.8) is 0 Å². The maximum Gasteiger partial charge on any atom is 0.150 e. The molecule has 3 N–H and O–H groups in total. The van der Waals surface area contributed by atoms with Gasteiger partial charge >= 0.3 is 0 Å². The van der Waals surface area contributed by atoms with Gasteiger partial charge in [-0.25, -0.2) is 0 Å². The summed E-state index contributed by atoms with van der Waals surface area (Å²) in [5.41, 5.74) is 4.42. The first-order chi connectivity index (χ1) is 22.3. The molecule has 0 spiro atoms. The normalized spacial score (nSPS) is 9.65. The highest BCUT2D eigenvalue weighted by Gasteiger charge is 2.07. The number of benzene rings is 1. The molecule has 0 saturated carbocycles. The monoisotopic (exact) mass is 635 g/mol. The molecular weight excluding hydrogens is 568 g/mol. The Labute approximate surface area is 282 Å². The highest BCUT2D eigenvalue weighted by atomic mass is 16.3. The van der Waals surface area contributed by atoms with E-state index >= 15 is 0 Å². The fraction of sp³-hybridized carbons (Fsp3) is 0.475. The van der Waals surface area contributed by atoms with Gasteiger partial charge in [-0.15, -0.1) is 0 Å². The van der Waals surface area contributed by atoms with Crippen molar-refractivity contribution in [1.82, 2.24) is 9.88 Å². The van der Waals surface area contributed by atoms with Gasteiger partial charge in [0.15, 0.2) is 0 Å². The van der Waals surface area contributed by atoms with E-state index in [9.17, 15) is 10.1 Å². The predicted octanol–water partition coefficient (Wildman–Crippen LogP) is 10.1. The van der Waals surface area contributed by atoms with Crippen LogP contribution in [0.3, 0.4) is 0 Å². The van der Waals surface area contributed by atoms with Gasteiger partial charge in [-0.3, -0.25) is 10.2 Å². The van der Waals surface area contributed by atoms with E-state index in [0.717, 1.165) is 47.9 Å². The predicted molar refractivity (Wildman–Crippen MR) is 202 cm³/mol. The standard InChI is InChI=1S/C16H22N2O.C13H16N2O.C5H10.3C2H6/c1-12(2)9-15-6-5-14(10-16(15)11-17)13(3)18-7-4-8-19;1-2-3-4-5-6-8-15-9-7-12(11-16)10-13(15)14;1-3-5-4-2;3*1-2/h5-6,10,12,18-19H,3-4,7-9H2,1-2H3;2-3,5-7,9-11,14H,4,8H2,1H3;3,5H,4H2,1-2H3;3*1-2H3/b;3-2-,6-5?,14-13?;5-3+;;;. The molecule has 1 heterocycles. The molecule has 2 aromatic rings. The molecule has 1 aromatic carbocycles. The van der Waals surface area contributed by atoms with Crippen LogP contribution in [0.15, 0.2) is 79.6 Å². The summed E-state index contributed by atoms with van der Waals surface area (Å²) < 4.78 is 1.78. The van der Waals surface area contributed by atoms with Crippen molar-refractivity contribution in [3.05, 3.63) is 107 Å². The topological polar surface area (TPSA) is 102 Å². The second kappa shape index (κ2) is 37.2. The number of aliphatic hydroxyl groups excluding tert-OH is 1. The maximum atomic E-state index is 10.5. The number of hydrogen-bond donors (Lipinski definition) is 3. The van der Waals surface area contributed by atoms with E-state index in [0.29, 0.717) is 36.5 Å². The van der Waals surface area contributed by atoms with Crippen LogP contribution in [-0.2, 0) is 13.0 Å². The quantitative estimate of drug-likeness (QED) is 0.116. The van der Waals surface area contributed by atoms with E-state index in [4.69, 9.17) is 10.5 Å². The molecular formula is C40H66N4O2. The number of allylic oxidation sites excluding steroid dienone is 6. The molecule has 0 saturated heterocycles. The maximum absolute atomic E-state index is 10.5. The van der Waals surface area contributed by atoms with Crippen LogP contribution in [0.5, 0.6) is 0 Å². The third-order valence-electron chi connectivity index (χ3n) is 5.52. The van der Waals surface area contributed by atoms with E-state index in [1.807, 2.05) is 85.7 Å². The molecule has 0 aliphatic heterocycles. The Morgan fingerprint density at radius 3 is 2.11 bits per heavy atom. The van der Waals surface area contributed by atoms with Crippen LogP contribution >= 0.6 is 0 Å². The average molecular weight is 635 g/mol. The van der Waals surface area contributed by atoms with Crippen LogP contribution in [0.2, 0.25) is 0 Å². The summed E-state index contributed by atoms with van der Waals surface area (Å²) in [5, 5.41) is 28.8. The van der Waals surface area contributed by atoms with Gasteiger partial charge in [-0.1, -0.05) is 117 Å². The van der Waals surface area contributed by atoms with Crippen molar-refractivity contribution < 1.29 is 9.90 Å². The molecule has 46 heavy (non-hydrogen) atoms. The largest absolute Gasteiger partial charge is 0.396 e. The number of carbonyl (C=O) groups is 1. The molecule has 1 aromatic heterocycles. The number of rotatable bonds is 13. The summed E-state index contributed by atoms with van der Waals surface area (Å²) in [6.45, 7) is 27.9. The molecule has 0 bridgehead atoms. The summed E-state index contributed by atoms with van der Waals surface area (Å²) in [4.78, 5) is 10.5. The van der Waals surface area contributed by atoms with Gasteiger partial charge in [-0.2, -0.15) is 5.26 Å². The second-order valence-electron chi connectivity index (χ2n) is 9.43. The number of aliphatic hydroxyl groups is 1. The zero-order chi connectivity index (χ0) is 36.2. The molecule has 0 aliphatic carbocycles. The van der Waals surface area contributed by atoms with Crippen LogP contribution in [-0.4, -0.2) is 29.1 Å². The van der Waals surface area contributed by atoms with E-state index in [-0.39, 0.29) is 6.61 Å². The van der Waals surface area contributed by atoms with Crippen LogP contribution in [0.25, 0.3) is 5.70 Å². The van der Waals surface area contributed by atoms with E-state index < -0.39 is 0 Å². The lowest BCUT2D eigenvalue weighted by atomic mass is 9.96. The summed E-state index contributed by atoms with van der Waals surface area (Å²) in [5.74, 6) is 0.531. The van der Waals surface area contributed by atoms with Gasteiger partial charge in [0, 0.05) is 37.2 Å². The first-order valence-electron chi connectivity index (χ1n) is 16.9. The molecule has 6 nitrogen and oxygen atoms in total. The highest BCUT2D eigenvalue weighted by Crippen LogP contribution is 2.18. The Morgan fingerprint density at radius 1 is 1.02 bits per heavy atom. The lowest BCUT2D eigenvalue weighted by Gasteiger charge is -2.12. The first-order valence-corrected chi connectivity index (χ1v) is 16.9. The number of pyridine rings is 1. The van der Waals surface area contributed by atoms with Crippen molar-refractivity contribution in [1.29, 1.82) is 10.7 Å². The molecule has 0 aliphatic rings. The highest BCUT2D eigenvalue weighted by molar-refractivity contribution is 5.74. The van der Waals surface area contributed by atoms with Gasteiger partial charge in [0.2, 0.25) is 0 Å². The molecule has 2 rings (SSSR count). The minimum Gasteiger partial charge on any atom is -0.396 e. The average Bonchev–Trinajstić information content (AvgIpc) is 3.09. The smallest absolute Gasteiger partial charge is 0.150 e. The van der Waals surface area contributed by atoms with E-state index in [2.05, 4.69) is 63.0 Å². The summed E-state index contributed by atoms with van der Waals surface area (Å²) >= 11 is 0. The van der Waals surface area contributed by atoms with Gasteiger partial charge in [0.1, 0.15) is 11.8 Å². The number of nitrogens with zero attached hydrogens (tertiary/aromatic N) is 2. The van der Waals surface area contributed by atoms with Crippen LogP contribution < -0.4 is 10.8 Å². The number of nitriles is 1. The lowest BCUT2D eigenvalue weighted by molar-refractivity contribution is 0.112. The zero-order valence-corrected chi connectivity index (χ0v) is 31.0. The fourth-order valence-electron chi connectivity index (χ4n) is 3.42. The molecule has 0 fully saturated rings. The third kappa shape index (κ3) is 26.5. The van der Waals surface area contributed by atoms with Crippen molar-refractivity contribution in [2.45, 2.75) is 108 Å². The van der Waals surface area contributed by atoms with Crippen LogP contribution in [0.1, 0.15) is 122 Å². The van der Waals surface area contributed by atoms with Gasteiger partial charge < -0.3 is 15.0 Å². The van der Waals surface area contributed by atoms with Crippen molar-refractivity contribution in [3.8, 4) is 6.07 Å². The van der Waals surface area contributed by atoms with Gasteiger partial charge in [0.25, 0.3) is 0 Å². The number of hydrogen-bond acceptors (Lipinski definition) is 5. The molecule has 0 atom stereocenters. The number of aldehydes is 1. The SMILES string of the molecule is C/C=C/CC.C/C=C\CC=CCn1ccc(C=O)cc1=N.C=C(NCCCO)c1ccc(CC(C)C)c(C#N)c1.CC.CC.CC. The summed E-state index contributed by atoms with van der Waals surface area (Å²) in [7, 11) is 0. The Balaban J connectivity index is -0.000000295. The Hall–Kier alpha value is -3.95. The van der Waals surface area contributed by atoms with Crippen LogP contribution in [0, 0.1) is 22.7 Å². The number of aromatic nitrogens is 1. The number of carbonyl (C=O) groups excluding carboxylic acids is 1. The van der Waals surface area contributed by atoms with E-state index in [1.54, 1.807) is 22.9 Å². The van der Waals surface area contributed by atoms with Gasteiger partial charge in [0.05, 0.1) is 11.6 Å². The molecule has 0 amide bonds. The minimum absolute atomic E-state index is 0.164. The Morgan fingerprint density at radius 2 is 1.65 bits per heavy atom. The van der Waals surface area contributed by atoms with Crippen molar-refractivity contribution >= 4 is 12.0 Å². The van der Waals surface area contributed by atoms with Crippen molar-refractivity contribution in [2.24, 2.45) is 5.92 Å². The minimum atomic E-state index is 0.164. The molecule has 0 radical (unpaired) electrons. The zero-order valence-electron chi connectivity index (χ0n) is 31.0. The van der Waals surface area contributed by atoms with Gasteiger partial charge in [-0.05, 0) is 74.8 Å². The van der Waals surface area contributed by atoms with E-state index in [1.165, 1.54) is 0 Å². The summed E-state index contributed by atoms with van der Waals surface area (Å²) in [6, 6.07) is 11.4. The van der Waals surface area contributed by atoms with Crippen LogP contribution in [0.4, 0.5) is 0 Å². The Kier molecular flexibility index (Phi) is 39.6. The molecule has 0 unspecified atom stereocenters. The summed E-state index contributed by atoms with van der Waals surface area (Å²) in [6.07, 6.45) is 18.5. The van der Waals surface area contributed by atoms with Crippen molar-refractivity contribution in [2.75, 3.05) is 13.2 Å². The second-order valence-corrected chi connectivity index (χ2v) is 9.43. The fourth-order valence-corrected chi connectivity index (χ4v) is 3.42. The Bertz CT molecular complexity index is 1200. The third-order valence-corrected chi connectivity index (χ3v) is 5.52. The molecule has 6 heteroatoms. The molecule has 258 valence electrons. The number of nitrogens with one attached hydrogen (secondary N) is 2.